The Morgan fingerprint density at radius 1 is 1.27 bits per heavy atom. The van der Waals surface area contributed by atoms with Crippen LogP contribution in [0.2, 0.25) is 0 Å². The van der Waals surface area contributed by atoms with Gasteiger partial charge in [0.05, 0.1) is 22.9 Å². The van der Waals surface area contributed by atoms with Gasteiger partial charge in [-0.1, -0.05) is 0 Å². The van der Waals surface area contributed by atoms with Gasteiger partial charge in [0.15, 0.2) is 0 Å². The van der Waals surface area contributed by atoms with E-state index >= 15 is 0 Å². The predicted octanol–water partition coefficient (Wildman–Crippen LogP) is 1.88. The molecule has 2 N–H and O–H groups in total. The summed E-state index contributed by atoms with van der Waals surface area (Å²) >= 11 is 1.37. The zero-order chi connectivity index (χ0) is 20.7. The summed E-state index contributed by atoms with van der Waals surface area (Å²) in [4.78, 5) is 27.1. The molecule has 0 spiro atoms. The molecule has 2 aliphatic rings. The number of aliphatic hydroxyl groups excluding tert-OH is 1. The molecule has 5 rings (SSSR count). The first-order valence-electron chi connectivity index (χ1n) is 9.75. The Kier molecular flexibility index (Phi) is 4.95. The normalized spacial score (nSPS) is 21.2. The Labute approximate surface area is 175 Å². The molecule has 0 atom stereocenters. The second-order valence-electron chi connectivity index (χ2n) is 7.67. The lowest BCUT2D eigenvalue weighted by atomic mass is 9.81. The maximum Gasteiger partial charge on any atom is 0.225 e. The average molecular weight is 429 g/mol. The van der Waals surface area contributed by atoms with Crippen LogP contribution in [0.3, 0.4) is 0 Å². The Morgan fingerprint density at radius 2 is 2.03 bits per heavy atom. The Balaban J connectivity index is 1.09. The van der Waals surface area contributed by atoms with Crippen LogP contribution in [0.1, 0.15) is 18.4 Å². The highest BCUT2D eigenvalue weighted by Crippen LogP contribution is 2.35. The fourth-order valence-electron chi connectivity index (χ4n) is 3.69. The summed E-state index contributed by atoms with van der Waals surface area (Å²) in [6, 6.07) is 2.87. The number of nitrogens with zero attached hydrogens (tertiary/aromatic N) is 4. The SMILES string of the molecule is O=C(NC1CN(c2ncc(CO)cn2)C1)[C@H]1C[C@H](Oc2cc(F)cc3scnc23)C1. The van der Waals surface area contributed by atoms with E-state index in [-0.39, 0.29) is 36.4 Å². The molecule has 1 aromatic carbocycles. The molecule has 3 aromatic rings. The van der Waals surface area contributed by atoms with Crippen molar-refractivity contribution >= 4 is 33.4 Å². The molecule has 1 amide bonds. The van der Waals surface area contributed by atoms with Crippen LogP contribution in [-0.4, -0.2) is 51.2 Å². The molecule has 2 fully saturated rings. The van der Waals surface area contributed by atoms with E-state index in [1.54, 1.807) is 17.9 Å². The lowest BCUT2D eigenvalue weighted by Gasteiger charge is -2.41. The summed E-state index contributed by atoms with van der Waals surface area (Å²) in [6.07, 6.45) is 4.30. The number of rotatable bonds is 6. The number of carbonyl (C=O) groups is 1. The molecular weight excluding hydrogens is 409 g/mol. The maximum absolute atomic E-state index is 13.7. The van der Waals surface area contributed by atoms with Gasteiger partial charge in [-0.25, -0.2) is 19.3 Å². The van der Waals surface area contributed by atoms with Gasteiger partial charge >= 0.3 is 0 Å². The van der Waals surface area contributed by atoms with E-state index in [9.17, 15) is 9.18 Å². The lowest BCUT2D eigenvalue weighted by Crippen LogP contribution is -2.61. The summed E-state index contributed by atoms with van der Waals surface area (Å²) in [5.74, 6) is 0.618. The maximum atomic E-state index is 13.7. The number of halogens is 1. The van der Waals surface area contributed by atoms with Gasteiger partial charge in [-0.2, -0.15) is 0 Å². The molecule has 0 unspecified atom stereocenters. The van der Waals surface area contributed by atoms with Gasteiger partial charge in [-0.05, 0) is 18.9 Å². The molecule has 0 bridgehead atoms. The number of hydrogen-bond donors (Lipinski definition) is 2. The molecule has 1 saturated carbocycles. The largest absolute Gasteiger partial charge is 0.488 e. The van der Waals surface area contributed by atoms with Gasteiger partial charge in [0.25, 0.3) is 0 Å². The zero-order valence-electron chi connectivity index (χ0n) is 16.0. The smallest absolute Gasteiger partial charge is 0.225 e. The number of hydrogen-bond acceptors (Lipinski definition) is 8. The van der Waals surface area contributed by atoms with E-state index < -0.39 is 0 Å². The summed E-state index contributed by atoms with van der Waals surface area (Å²) in [5.41, 5.74) is 3.00. The number of benzene rings is 1. The number of anilines is 1. The van der Waals surface area contributed by atoms with Gasteiger partial charge in [0.1, 0.15) is 23.2 Å². The van der Waals surface area contributed by atoms with E-state index in [0.717, 1.165) is 4.70 Å². The van der Waals surface area contributed by atoms with Crippen LogP contribution >= 0.6 is 11.3 Å². The van der Waals surface area contributed by atoms with E-state index in [0.29, 0.717) is 48.7 Å². The molecule has 1 aliphatic carbocycles. The minimum atomic E-state index is -0.347. The summed E-state index contributed by atoms with van der Waals surface area (Å²) in [7, 11) is 0. The predicted molar refractivity (Wildman–Crippen MR) is 109 cm³/mol. The second-order valence-corrected chi connectivity index (χ2v) is 8.56. The van der Waals surface area contributed by atoms with Crippen molar-refractivity contribution in [3.8, 4) is 5.75 Å². The van der Waals surface area contributed by atoms with Crippen LogP contribution in [0.15, 0.2) is 30.0 Å². The monoisotopic (exact) mass is 429 g/mol. The van der Waals surface area contributed by atoms with E-state index in [2.05, 4.69) is 20.3 Å². The van der Waals surface area contributed by atoms with Crippen LogP contribution < -0.4 is 15.0 Å². The highest BCUT2D eigenvalue weighted by Gasteiger charge is 2.39. The molecule has 10 heteroatoms. The number of aliphatic hydroxyl groups is 1. The van der Waals surface area contributed by atoms with Gasteiger partial charge < -0.3 is 20.1 Å². The van der Waals surface area contributed by atoms with E-state index in [4.69, 9.17) is 9.84 Å². The first-order chi connectivity index (χ1) is 14.6. The topological polar surface area (TPSA) is 100 Å². The number of fused-ring (bicyclic) bond motifs is 1. The Bertz CT molecular complexity index is 1060. The number of ether oxygens (including phenoxy) is 1. The summed E-state index contributed by atoms with van der Waals surface area (Å²) in [5, 5.41) is 12.1. The molecule has 2 aromatic heterocycles. The standard InChI is InChI=1S/C20H20FN5O3S/c21-13-3-16(18-17(4-13)30-10-24-18)29-15-1-12(2-15)19(28)25-14-7-26(8-14)20-22-5-11(9-27)6-23-20/h3-6,10,12,14-15,27H,1-2,7-9H2,(H,25,28)/t12-,15-. The quantitative estimate of drug-likeness (QED) is 0.617. The molecular formula is C20H20FN5O3S. The van der Waals surface area contributed by atoms with Gasteiger partial charge in [0, 0.05) is 43.0 Å². The fourth-order valence-corrected chi connectivity index (χ4v) is 4.41. The third-order valence-electron chi connectivity index (χ3n) is 5.51. The van der Waals surface area contributed by atoms with E-state index in [1.807, 2.05) is 4.90 Å². The molecule has 1 aliphatic heterocycles. The molecule has 30 heavy (non-hydrogen) atoms. The van der Waals surface area contributed by atoms with Crippen LogP contribution in [0, 0.1) is 11.7 Å². The van der Waals surface area contributed by atoms with Gasteiger partial charge in [-0.15, -0.1) is 11.3 Å². The van der Waals surface area contributed by atoms with Crippen molar-refractivity contribution < 1.29 is 19.0 Å². The van der Waals surface area contributed by atoms with Crippen molar-refractivity contribution in [2.75, 3.05) is 18.0 Å². The minimum Gasteiger partial charge on any atom is -0.488 e. The van der Waals surface area contributed by atoms with Crippen molar-refractivity contribution in [3.63, 3.8) is 0 Å². The second kappa shape index (κ2) is 7.77. The third-order valence-corrected chi connectivity index (χ3v) is 6.29. The molecule has 8 nitrogen and oxygen atoms in total. The Hall–Kier alpha value is -2.85. The number of aromatic nitrogens is 3. The average Bonchev–Trinajstić information content (AvgIpc) is 3.15. The van der Waals surface area contributed by atoms with Crippen LogP contribution in [0.4, 0.5) is 10.3 Å². The van der Waals surface area contributed by atoms with Crippen LogP contribution in [-0.2, 0) is 11.4 Å². The highest BCUT2D eigenvalue weighted by molar-refractivity contribution is 7.16. The number of amides is 1. The zero-order valence-corrected chi connectivity index (χ0v) is 16.8. The lowest BCUT2D eigenvalue weighted by molar-refractivity contribution is -0.131. The van der Waals surface area contributed by atoms with Gasteiger partial charge in [-0.3, -0.25) is 4.79 Å². The molecule has 3 heterocycles. The summed E-state index contributed by atoms with van der Waals surface area (Å²) < 4.78 is 20.4. The summed E-state index contributed by atoms with van der Waals surface area (Å²) in [6.45, 7) is 1.23. The van der Waals surface area contributed by atoms with Crippen LogP contribution in [0.5, 0.6) is 5.75 Å². The van der Waals surface area contributed by atoms with Crippen molar-refractivity contribution in [3.05, 3.63) is 41.4 Å². The minimum absolute atomic E-state index is 0.0223. The third kappa shape index (κ3) is 3.68. The van der Waals surface area contributed by atoms with Crippen molar-refractivity contribution in [1.29, 1.82) is 0 Å². The number of nitrogens with one attached hydrogen (secondary N) is 1. The van der Waals surface area contributed by atoms with E-state index in [1.165, 1.54) is 23.5 Å². The van der Waals surface area contributed by atoms with Crippen LogP contribution in [0.25, 0.3) is 10.2 Å². The number of thiazole rings is 1. The van der Waals surface area contributed by atoms with Crippen molar-refractivity contribution in [2.45, 2.75) is 31.6 Å². The molecule has 1 saturated heterocycles. The van der Waals surface area contributed by atoms with Crippen molar-refractivity contribution in [1.82, 2.24) is 20.3 Å². The number of carbonyl (C=O) groups excluding carboxylic acids is 1. The highest BCUT2D eigenvalue weighted by atomic mass is 32.1. The first-order valence-corrected chi connectivity index (χ1v) is 10.6. The Morgan fingerprint density at radius 3 is 2.77 bits per heavy atom. The fraction of sp³-hybridized carbons (Fsp3) is 0.400. The van der Waals surface area contributed by atoms with Gasteiger partial charge in [0.2, 0.25) is 11.9 Å². The van der Waals surface area contributed by atoms with Crippen molar-refractivity contribution in [2.24, 2.45) is 5.92 Å². The first kappa shape index (κ1) is 19.1. The molecule has 0 radical (unpaired) electrons. The molecule has 156 valence electrons.